The van der Waals surface area contributed by atoms with Gasteiger partial charge in [-0.3, -0.25) is 4.79 Å². The molecule has 0 fully saturated rings. The highest BCUT2D eigenvalue weighted by Gasteiger charge is 2.04. The first-order valence-corrected chi connectivity index (χ1v) is 7.42. The summed E-state index contributed by atoms with van der Waals surface area (Å²) in [5, 5.41) is 4.42. The predicted molar refractivity (Wildman–Crippen MR) is 92.2 cm³/mol. The van der Waals surface area contributed by atoms with Crippen molar-refractivity contribution >= 4 is 23.7 Å². The van der Waals surface area contributed by atoms with Gasteiger partial charge in [0.05, 0.1) is 20.4 Å². The fourth-order valence-electron chi connectivity index (χ4n) is 1.84. The van der Waals surface area contributed by atoms with E-state index in [4.69, 9.17) is 25.8 Å². The second kappa shape index (κ2) is 8.79. The summed E-state index contributed by atoms with van der Waals surface area (Å²) in [5.41, 5.74) is 3.08. The smallest absolute Gasteiger partial charge is 0.277 e. The SMILES string of the molecule is COc1ccc(C=NNC(=O)COc2cccc(Cl)c2)c(OC)c1. The minimum absolute atomic E-state index is 0.169. The Balaban J connectivity index is 1.88. The fourth-order valence-corrected chi connectivity index (χ4v) is 2.02. The monoisotopic (exact) mass is 348 g/mol. The molecule has 0 bridgehead atoms. The largest absolute Gasteiger partial charge is 0.497 e. The number of ether oxygens (including phenoxy) is 3. The van der Waals surface area contributed by atoms with Gasteiger partial charge >= 0.3 is 0 Å². The first-order valence-electron chi connectivity index (χ1n) is 7.04. The number of hydrazone groups is 1. The van der Waals surface area contributed by atoms with Crippen LogP contribution in [0.15, 0.2) is 47.6 Å². The van der Waals surface area contributed by atoms with E-state index in [1.54, 1.807) is 56.7 Å². The summed E-state index contributed by atoms with van der Waals surface area (Å²) in [7, 11) is 3.12. The standard InChI is InChI=1S/C17H17ClN2O4/c1-22-14-7-6-12(16(9-14)23-2)10-19-20-17(21)11-24-15-5-3-4-13(18)8-15/h3-10H,11H2,1-2H3,(H,20,21). The number of methoxy groups -OCH3 is 2. The van der Waals surface area contributed by atoms with Crippen LogP contribution in [0.2, 0.25) is 5.02 Å². The van der Waals surface area contributed by atoms with E-state index in [2.05, 4.69) is 10.5 Å². The van der Waals surface area contributed by atoms with Crippen LogP contribution in [-0.4, -0.2) is 32.9 Å². The molecule has 0 heterocycles. The summed E-state index contributed by atoms with van der Waals surface area (Å²) in [6.45, 7) is -0.169. The van der Waals surface area contributed by atoms with Crippen molar-refractivity contribution in [2.24, 2.45) is 5.10 Å². The van der Waals surface area contributed by atoms with Crippen LogP contribution < -0.4 is 19.6 Å². The third kappa shape index (κ3) is 5.17. The van der Waals surface area contributed by atoms with E-state index in [1.807, 2.05) is 0 Å². The molecule has 0 aliphatic heterocycles. The Bertz CT molecular complexity index is 734. The van der Waals surface area contributed by atoms with Gasteiger partial charge in [0.2, 0.25) is 0 Å². The number of carbonyl (C=O) groups excluding carboxylic acids is 1. The van der Waals surface area contributed by atoms with E-state index < -0.39 is 5.91 Å². The summed E-state index contributed by atoms with van der Waals surface area (Å²) < 4.78 is 15.7. The summed E-state index contributed by atoms with van der Waals surface area (Å²) >= 11 is 5.84. The van der Waals surface area contributed by atoms with Gasteiger partial charge in [0.25, 0.3) is 5.91 Å². The second-order valence-corrected chi connectivity index (χ2v) is 5.08. The number of rotatable bonds is 7. The van der Waals surface area contributed by atoms with Crippen molar-refractivity contribution in [2.75, 3.05) is 20.8 Å². The molecule has 1 N–H and O–H groups in total. The number of halogens is 1. The molecule has 0 atom stereocenters. The maximum Gasteiger partial charge on any atom is 0.277 e. The van der Waals surface area contributed by atoms with Crippen LogP contribution in [0.5, 0.6) is 17.2 Å². The normalized spacial score (nSPS) is 10.5. The molecule has 24 heavy (non-hydrogen) atoms. The van der Waals surface area contributed by atoms with Gasteiger partial charge in [-0.1, -0.05) is 17.7 Å². The molecule has 0 radical (unpaired) electrons. The average molecular weight is 349 g/mol. The van der Waals surface area contributed by atoms with Gasteiger partial charge < -0.3 is 14.2 Å². The van der Waals surface area contributed by atoms with Crippen molar-refractivity contribution in [1.82, 2.24) is 5.43 Å². The molecule has 0 aliphatic rings. The Labute approximate surface area is 145 Å². The number of benzene rings is 2. The van der Waals surface area contributed by atoms with Crippen LogP contribution in [0.1, 0.15) is 5.56 Å². The minimum Gasteiger partial charge on any atom is -0.497 e. The number of amides is 1. The topological polar surface area (TPSA) is 69.2 Å². The van der Waals surface area contributed by atoms with Crippen molar-refractivity contribution < 1.29 is 19.0 Å². The molecule has 0 unspecified atom stereocenters. The first kappa shape index (κ1) is 17.6. The third-order valence-corrected chi connectivity index (χ3v) is 3.23. The zero-order chi connectivity index (χ0) is 17.4. The first-order chi connectivity index (χ1) is 11.6. The van der Waals surface area contributed by atoms with E-state index in [0.29, 0.717) is 27.8 Å². The molecule has 2 aromatic rings. The summed E-state index contributed by atoms with van der Waals surface area (Å²) in [6.07, 6.45) is 1.48. The van der Waals surface area contributed by atoms with Gasteiger partial charge in [-0.2, -0.15) is 5.10 Å². The lowest BCUT2D eigenvalue weighted by Crippen LogP contribution is -2.24. The van der Waals surface area contributed by atoms with Gasteiger partial charge in [0.1, 0.15) is 17.2 Å². The molecule has 2 aromatic carbocycles. The van der Waals surface area contributed by atoms with E-state index >= 15 is 0 Å². The molecule has 0 saturated heterocycles. The van der Waals surface area contributed by atoms with E-state index in [0.717, 1.165) is 0 Å². The number of hydrogen-bond acceptors (Lipinski definition) is 5. The average Bonchev–Trinajstić information content (AvgIpc) is 2.60. The summed E-state index contributed by atoms with van der Waals surface area (Å²) in [4.78, 5) is 11.7. The van der Waals surface area contributed by atoms with Crippen LogP contribution in [0.3, 0.4) is 0 Å². The zero-order valence-corrected chi connectivity index (χ0v) is 14.0. The van der Waals surface area contributed by atoms with Crippen LogP contribution in [0.4, 0.5) is 0 Å². The van der Waals surface area contributed by atoms with E-state index in [-0.39, 0.29) is 6.61 Å². The van der Waals surface area contributed by atoms with Crippen LogP contribution >= 0.6 is 11.6 Å². The Morgan fingerprint density at radius 3 is 2.71 bits per heavy atom. The highest BCUT2D eigenvalue weighted by atomic mass is 35.5. The molecule has 6 nitrogen and oxygen atoms in total. The van der Waals surface area contributed by atoms with Gasteiger partial charge in [-0.25, -0.2) is 5.43 Å². The lowest BCUT2D eigenvalue weighted by atomic mass is 10.2. The number of nitrogens with zero attached hydrogens (tertiary/aromatic N) is 1. The molecular weight excluding hydrogens is 332 g/mol. The molecule has 2 rings (SSSR count). The van der Waals surface area contributed by atoms with E-state index in [1.165, 1.54) is 6.21 Å². The Morgan fingerprint density at radius 1 is 1.17 bits per heavy atom. The number of hydrogen-bond donors (Lipinski definition) is 1. The lowest BCUT2D eigenvalue weighted by Gasteiger charge is -2.07. The molecular formula is C17H17ClN2O4. The molecule has 7 heteroatoms. The van der Waals surface area contributed by atoms with Gasteiger partial charge in [-0.05, 0) is 30.3 Å². The number of nitrogens with one attached hydrogen (secondary N) is 1. The van der Waals surface area contributed by atoms with Crippen molar-refractivity contribution in [3.8, 4) is 17.2 Å². The summed E-state index contributed by atoms with van der Waals surface area (Å²) in [6, 6.07) is 12.1. The minimum atomic E-state index is -0.390. The quantitative estimate of drug-likeness (QED) is 0.617. The van der Waals surface area contributed by atoms with Crippen molar-refractivity contribution in [3.63, 3.8) is 0 Å². The van der Waals surface area contributed by atoms with Crippen LogP contribution in [-0.2, 0) is 4.79 Å². The fraction of sp³-hybridized carbons (Fsp3) is 0.176. The van der Waals surface area contributed by atoms with E-state index in [9.17, 15) is 4.79 Å². The van der Waals surface area contributed by atoms with Gasteiger partial charge in [0, 0.05) is 16.7 Å². The van der Waals surface area contributed by atoms with Gasteiger partial charge in [0.15, 0.2) is 6.61 Å². The Hall–Kier alpha value is -2.73. The molecule has 0 aromatic heterocycles. The van der Waals surface area contributed by atoms with Gasteiger partial charge in [-0.15, -0.1) is 0 Å². The molecule has 0 saturated carbocycles. The predicted octanol–water partition coefficient (Wildman–Crippen LogP) is 2.89. The second-order valence-electron chi connectivity index (χ2n) is 4.65. The van der Waals surface area contributed by atoms with Crippen molar-refractivity contribution in [1.29, 1.82) is 0 Å². The number of carbonyl (C=O) groups is 1. The highest BCUT2D eigenvalue weighted by Crippen LogP contribution is 2.23. The molecule has 1 amide bonds. The van der Waals surface area contributed by atoms with Crippen LogP contribution in [0.25, 0.3) is 0 Å². The Kier molecular flexibility index (Phi) is 6.45. The zero-order valence-electron chi connectivity index (χ0n) is 13.3. The highest BCUT2D eigenvalue weighted by molar-refractivity contribution is 6.30. The maximum atomic E-state index is 11.7. The Morgan fingerprint density at radius 2 is 2.00 bits per heavy atom. The molecule has 0 spiro atoms. The molecule has 126 valence electrons. The van der Waals surface area contributed by atoms with Crippen molar-refractivity contribution in [2.45, 2.75) is 0 Å². The van der Waals surface area contributed by atoms with Crippen molar-refractivity contribution in [3.05, 3.63) is 53.1 Å². The molecule has 0 aliphatic carbocycles. The third-order valence-electron chi connectivity index (χ3n) is 3.00. The summed E-state index contributed by atoms with van der Waals surface area (Å²) in [5.74, 6) is 1.38. The van der Waals surface area contributed by atoms with Crippen LogP contribution in [0, 0.1) is 0 Å². The maximum absolute atomic E-state index is 11.7. The lowest BCUT2D eigenvalue weighted by molar-refractivity contribution is -0.123.